The van der Waals surface area contributed by atoms with E-state index in [4.69, 9.17) is 9.47 Å². The minimum atomic E-state index is -0.246. The molecule has 1 N–H and O–H groups in total. The normalized spacial score (nSPS) is 14.9. The number of carbonyl (C=O) groups is 2. The Labute approximate surface area is 149 Å². The quantitative estimate of drug-likeness (QED) is 0.768. The lowest BCUT2D eigenvalue weighted by Crippen LogP contribution is -2.46. The number of unbranched alkanes of at least 4 members (excludes halogenated alkanes) is 1. The molecule has 138 valence electrons. The number of carbonyl (C=O) groups excluding carboxylic acids is 2. The Hall–Kier alpha value is -2.24. The molecule has 1 aliphatic rings. The molecule has 1 fully saturated rings. The maximum Gasteiger partial charge on any atom is 0.409 e. The summed E-state index contributed by atoms with van der Waals surface area (Å²) in [4.78, 5) is 25.9. The molecule has 0 unspecified atom stereocenters. The van der Waals surface area contributed by atoms with E-state index in [-0.39, 0.29) is 18.0 Å². The number of nitrogens with one attached hydrogen (secondary N) is 1. The van der Waals surface area contributed by atoms with Crippen molar-refractivity contribution in [3.63, 3.8) is 0 Å². The van der Waals surface area contributed by atoms with Crippen LogP contribution in [0.4, 0.5) is 4.79 Å². The van der Waals surface area contributed by atoms with Gasteiger partial charge in [0.25, 0.3) is 5.91 Å². The molecule has 25 heavy (non-hydrogen) atoms. The van der Waals surface area contributed by atoms with E-state index in [1.807, 2.05) is 6.92 Å². The number of hydrogen-bond acceptors (Lipinski definition) is 4. The zero-order valence-electron chi connectivity index (χ0n) is 15.1. The number of ether oxygens (including phenoxy) is 2. The van der Waals surface area contributed by atoms with Gasteiger partial charge in [-0.15, -0.1) is 0 Å². The van der Waals surface area contributed by atoms with Gasteiger partial charge in [0.2, 0.25) is 0 Å². The third kappa shape index (κ3) is 5.96. The van der Waals surface area contributed by atoms with Gasteiger partial charge in [-0.25, -0.2) is 4.79 Å². The van der Waals surface area contributed by atoms with Crippen molar-refractivity contribution in [3.8, 4) is 5.75 Å². The third-order valence-electron chi connectivity index (χ3n) is 4.24. The average Bonchev–Trinajstić information content (AvgIpc) is 2.63. The molecular formula is C19H28N2O4. The van der Waals surface area contributed by atoms with Crippen LogP contribution in [0.25, 0.3) is 0 Å². The number of hydrogen-bond donors (Lipinski definition) is 1. The number of likely N-dealkylation sites (tertiary alicyclic amines) is 1. The van der Waals surface area contributed by atoms with Crippen LogP contribution in [0, 0.1) is 0 Å². The molecule has 0 spiro atoms. The minimum Gasteiger partial charge on any atom is -0.494 e. The molecule has 1 aromatic carbocycles. The van der Waals surface area contributed by atoms with E-state index in [9.17, 15) is 9.59 Å². The predicted molar refractivity (Wildman–Crippen MR) is 95.9 cm³/mol. The highest BCUT2D eigenvalue weighted by Gasteiger charge is 2.24. The van der Waals surface area contributed by atoms with Crippen LogP contribution in [0.3, 0.4) is 0 Å². The van der Waals surface area contributed by atoms with Gasteiger partial charge in [-0.2, -0.15) is 0 Å². The van der Waals surface area contributed by atoms with Crippen LogP contribution in [-0.2, 0) is 4.74 Å². The lowest BCUT2D eigenvalue weighted by atomic mass is 10.0. The predicted octanol–water partition coefficient (Wildman–Crippen LogP) is 3.22. The maximum absolute atomic E-state index is 12.3. The van der Waals surface area contributed by atoms with Crippen molar-refractivity contribution in [2.24, 2.45) is 0 Å². The fraction of sp³-hybridized carbons (Fsp3) is 0.579. The first-order valence-corrected chi connectivity index (χ1v) is 9.09. The molecule has 0 bridgehead atoms. The molecule has 0 saturated carbocycles. The van der Waals surface area contributed by atoms with Gasteiger partial charge in [0.1, 0.15) is 5.75 Å². The molecule has 1 saturated heterocycles. The van der Waals surface area contributed by atoms with Crippen LogP contribution in [0.1, 0.15) is 49.9 Å². The standard InChI is InChI=1S/C19H28N2O4/c1-3-5-14-25-19(23)21-12-10-16(11-13-21)20-18(22)15-6-8-17(9-7-15)24-4-2/h6-9,16H,3-5,10-14H2,1-2H3,(H,20,22). The average molecular weight is 348 g/mol. The molecule has 0 atom stereocenters. The van der Waals surface area contributed by atoms with E-state index in [2.05, 4.69) is 12.2 Å². The van der Waals surface area contributed by atoms with Crippen LogP contribution in [0.15, 0.2) is 24.3 Å². The summed E-state index contributed by atoms with van der Waals surface area (Å²) in [6.45, 7) is 6.28. The number of piperidine rings is 1. The second kappa shape index (κ2) is 9.91. The van der Waals surface area contributed by atoms with Crippen LogP contribution >= 0.6 is 0 Å². The minimum absolute atomic E-state index is 0.0822. The summed E-state index contributed by atoms with van der Waals surface area (Å²) in [5.41, 5.74) is 0.616. The Morgan fingerprint density at radius 3 is 2.44 bits per heavy atom. The monoisotopic (exact) mass is 348 g/mol. The fourth-order valence-electron chi connectivity index (χ4n) is 2.74. The summed E-state index contributed by atoms with van der Waals surface area (Å²) in [5.74, 6) is 0.668. The summed E-state index contributed by atoms with van der Waals surface area (Å²) in [5, 5.41) is 3.04. The van der Waals surface area contributed by atoms with Crippen molar-refractivity contribution in [3.05, 3.63) is 29.8 Å². The van der Waals surface area contributed by atoms with Crippen LogP contribution in [-0.4, -0.2) is 49.2 Å². The molecule has 1 heterocycles. The van der Waals surface area contributed by atoms with Gasteiger partial charge < -0.3 is 19.7 Å². The molecule has 2 rings (SSSR count). The summed E-state index contributed by atoms with van der Waals surface area (Å²) in [6.07, 6.45) is 3.13. The van der Waals surface area contributed by atoms with Crippen molar-refractivity contribution in [2.75, 3.05) is 26.3 Å². The molecule has 1 aliphatic heterocycles. The Balaban J connectivity index is 1.75. The summed E-state index contributed by atoms with van der Waals surface area (Å²) in [7, 11) is 0. The van der Waals surface area contributed by atoms with Crippen molar-refractivity contribution in [1.29, 1.82) is 0 Å². The maximum atomic E-state index is 12.3. The van der Waals surface area contributed by atoms with Gasteiger partial charge in [0, 0.05) is 24.7 Å². The SMILES string of the molecule is CCCCOC(=O)N1CCC(NC(=O)c2ccc(OCC)cc2)CC1. The molecule has 0 aromatic heterocycles. The number of benzene rings is 1. The smallest absolute Gasteiger partial charge is 0.409 e. The zero-order chi connectivity index (χ0) is 18.1. The summed E-state index contributed by atoms with van der Waals surface area (Å²) in [6, 6.07) is 7.21. The Kier molecular flexibility index (Phi) is 7.57. The van der Waals surface area contributed by atoms with E-state index in [1.54, 1.807) is 29.2 Å². The van der Waals surface area contributed by atoms with E-state index in [0.717, 1.165) is 31.4 Å². The first-order valence-electron chi connectivity index (χ1n) is 9.09. The van der Waals surface area contributed by atoms with Crippen molar-refractivity contribution >= 4 is 12.0 Å². The third-order valence-corrected chi connectivity index (χ3v) is 4.24. The van der Waals surface area contributed by atoms with Gasteiger partial charge in [0.05, 0.1) is 13.2 Å². The van der Waals surface area contributed by atoms with Gasteiger partial charge in [-0.05, 0) is 50.5 Å². The van der Waals surface area contributed by atoms with E-state index in [0.29, 0.717) is 31.9 Å². The topological polar surface area (TPSA) is 67.9 Å². The molecule has 0 radical (unpaired) electrons. The van der Waals surface area contributed by atoms with Crippen LogP contribution in [0.5, 0.6) is 5.75 Å². The lowest BCUT2D eigenvalue weighted by Gasteiger charge is -2.31. The fourth-order valence-corrected chi connectivity index (χ4v) is 2.74. The number of amides is 2. The van der Waals surface area contributed by atoms with Gasteiger partial charge >= 0.3 is 6.09 Å². The second-order valence-electron chi connectivity index (χ2n) is 6.16. The molecule has 0 aliphatic carbocycles. The van der Waals surface area contributed by atoms with E-state index < -0.39 is 0 Å². The highest BCUT2D eigenvalue weighted by atomic mass is 16.6. The molecule has 2 amide bonds. The first kappa shape index (κ1) is 19.1. The van der Waals surface area contributed by atoms with Crippen LogP contribution < -0.4 is 10.1 Å². The number of nitrogens with zero attached hydrogens (tertiary/aromatic N) is 1. The van der Waals surface area contributed by atoms with Gasteiger partial charge in [0.15, 0.2) is 0 Å². The summed E-state index contributed by atoms with van der Waals surface area (Å²) < 4.78 is 10.6. The highest BCUT2D eigenvalue weighted by Crippen LogP contribution is 2.15. The zero-order valence-corrected chi connectivity index (χ0v) is 15.1. The van der Waals surface area contributed by atoms with E-state index >= 15 is 0 Å². The van der Waals surface area contributed by atoms with E-state index in [1.165, 1.54) is 0 Å². The molecule has 6 heteroatoms. The van der Waals surface area contributed by atoms with Gasteiger partial charge in [-0.1, -0.05) is 13.3 Å². The highest BCUT2D eigenvalue weighted by molar-refractivity contribution is 5.94. The summed E-state index contributed by atoms with van der Waals surface area (Å²) >= 11 is 0. The largest absolute Gasteiger partial charge is 0.494 e. The second-order valence-corrected chi connectivity index (χ2v) is 6.16. The Bertz CT molecular complexity index is 551. The van der Waals surface area contributed by atoms with Gasteiger partial charge in [-0.3, -0.25) is 4.79 Å². The number of rotatable bonds is 7. The van der Waals surface area contributed by atoms with Crippen LogP contribution in [0.2, 0.25) is 0 Å². The first-order chi connectivity index (χ1) is 12.1. The lowest BCUT2D eigenvalue weighted by molar-refractivity contribution is 0.0836. The Morgan fingerprint density at radius 2 is 1.84 bits per heavy atom. The van der Waals surface area contributed by atoms with Crippen molar-refractivity contribution in [2.45, 2.75) is 45.6 Å². The molecule has 1 aromatic rings. The molecule has 6 nitrogen and oxygen atoms in total. The molecular weight excluding hydrogens is 320 g/mol. The van der Waals surface area contributed by atoms with Crippen molar-refractivity contribution < 1.29 is 19.1 Å². The Morgan fingerprint density at radius 1 is 1.16 bits per heavy atom. The van der Waals surface area contributed by atoms with Crippen molar-refractivity contribution in [1.82, 2.24) is 10.2 Å².